The number of carbonyl (C=O) groups is 1. The van der Waals surface area contributed by atoms with Crippen molar-refractivity contribution in [1.82, 2.24) is 9.97 Å². The van der Waals surface area contributed by atoms with Gasteiger partial charge in [0, 0.05) is 17.3 Å². The molecule has 2 heterocycles. The number of anilines is 2. The number of fused-ring (bicyclic) bond motifs is 1. The maximum Gasteiger partial charge on any atom is 0.360 e. The Morgan fingerprint density at radius 1 is 1.19 bits per heavy atom. The van der Waals surface area contributed by atoms with Crippen molar-refractivity contribution in [3.63, 3.8) is 0 Å². The first-order valence-corrected chi connectivity index (χ1v) is 9.15. The molecule has 3 aromatic rings. The van der Waals surface area contributed by atoms with Crippen LogP contribution >= 0.6 is 11.6 Å². The number of halogens is 1. The molecule has 1 aromatic heterocycles. The Hall–Kier alpha value is -2.70. The molecule has 1 fully saturated rings. The Morgan fingerprint density at radius 2 is 2.00 bits per heavy atom. The van der Waals surface area contributed by atoms with E-state index in [1.54, 1.807) is 12.1 Å². The number of para-hydroxylation sites is 2. The summed E-state index contributed by atoms with van der Waals surface area (Å²) in [6.07, 6.45) is 1.83. The molecule has 0 amide bonds. The van der Waals surface area contributed by atoms with E-state index in [1.165, 1.54) is 0 Å². The SMILES string of the molecule is O=C(OC[C@@H]1CCCO1)c1nc2ccccc2nc1Nc1cccc(Cl)c1. The van der Waals surface area contributed by atoms with Crippen molar-refractivity contribution in [2.45, 2.75) is 18.9 Å². The van der Waals surface area contributed by atoms with Crippen molar-refractivity contribution in [2.75, 3.05) is 18.5 Å². The standard InChI is InChI=1S/C20H18ClN3O3/c21-13-5-3-6-14(11-13)22-19-18(20(25)27-12-15-7-4-10-26-15)23-16-8-1-2-9-17(16)24-19/h1-3,5-6,8-9,11,15H,4,7,10,12H2,(H,22,24)/t15-/m0/s1. The molecule has 0 spiro atoms. The van der Waals surface area contributed by atoms with Gasteiger partial charge in [0.05, 0.1) is 17.1 Å². The lowest BCUT2D eigenvalue weighted by atomic mass is 10.2. The van der Waals surface area contributed by atoms with Crippen LogP contribution in [0.1, 0.15) is 23.3 Å². The number of aromatic nitrogens is 2. The average molecular weight is 384 g/mol. The third-order valence-corrected chi connectivity index (χ3v) is 4.51. The van der Waals surface area contributed by atoms with Crippen LogP contribution in [0.2, 0.25) is 5.02 Å². The molecule has 1 atom stereocenters. The van der Waals surface area contributed by atoms with Gasteiger partial charge >= 0.3 is 5.97 Å². The van der Waals surface area contributed by atoms with E-state index in [0.29, 0.717) is 34.2 Å². The van der Waals surface area contributed by atoms with Gasteiger partial charge in [0.15, 0.2) is 11.5 Å². The first-order valence-electron chi connectivity index (χ1n) is 8.77. The monoisotopic (exact) mass is 383 g/mol. The molecule has 2 aromatic carbocycles. The van der Waals surface area contributed by atoms with Crippen LogP contribution in [0, 0.1) is 0 Å². The molecule has 0 radical (unpaired) electrons. The second-order valence-corrected chi connectivity index (χ2v) is 6.71. The molecule has 27 heavy (non-hydrogen) atoms. The second-order valence-electron chi connectivity index (χ2n) is 6.28. The van der Waals surface area contributed by atoms with Crippen LogP contribution in [-0.4, -0.2) is 35.3 Å². The molecule has 0 aliphatic carbocycles. The van der Waals surface area contributed by atoms with Gasteiger partial charge in [-0.05, 0) is 43.2 Å². The lowest BCUT2D eigenvalue weighted by molar-refractivity contribution is 0.0157. The van der Waals surface area contributed by atoms with E-state index in [1.807, 2.05) is 36.4 Å². The highest BCUT2D eigenvalue weighted by molar-refractivity contribution is 6.30. The smallest absolute Gasteiger partial charge is 0.360 e. The van der Waals surface area contributed by atoms with E-state index in [9.17, 15) is 4.79 Å². The Morgan fingerprint density at radius 3 is 2.74 bits per heavy atom. The number of nitrogens with one attached hydrogen (secondary N) is 1. The largest absolute Gasteiger partial charge is 0.458 e. The number of hydrogen-bond acceptors (Lipinski definition) is 6. The normalized spacial score (nSPS) is 16.4. The van der Waals surface area contributed by atoms with E-state index < -0.39 is 5.97 Å². The number of ether oxygens (including phenoxy) is 2. The van der Waals surface area contributed by atoms with E-state index >= 15 is 0 Å². The van der Waals surface area contributed by atoms with E-state index in [0.717, 1.165) is 12.8 Å². The van der Waals surface area contributed by atoms with Crippen molar-refractivity contribution in [2.24, 2.45) is 0 Å². The fourth-order valence-electron chi connectivity index (χ4n) is 2.95. The Labute approximate surface area is 161 Å². The van der Waals surface area contributed by atoms with Gasteiger partial charge in [-0.3, -0.25) is 0 Å². The molecule has 1 aliphatic rings. The number of hydrogen-bond donors (Lipinski definition) is 1. The number of nitrogens with zero attached hydrogens (tertiary/aromatic N) is 2. The predicted octanol–water partition coefficient (Wildman–Crippen LogP) is 4.36. The summed E-state index contributed by atoms with van der Waals surface area (Å²) in [4.78, 5) is 21.7. The van der Waals surface area contributed by atoms with Crippen LogP contribution in [0.25, 0.3) is 11.0 Å². The summed E-state index contributed by atoms with van der Waals surface area (Å²) >= 11 is 6.05. The van der Waals surface area contributed by atoms with Crippen molar-refractivity contribution in [1.29, 1.82) is 0 Å². The lowest BCUT2D eigenvalue weighted by Gasteiger charge is -2.13. The quantitative estimate of drug-likeness (QED) is 0.660. The summed E-state index contributed by atoms with van der Waals surface area (Å²) in [6.45, 7) is 0.920. The minimum Gasteiger partial charge on any atom is -0.458 e. The highest BCUT2D eigenvalue weighted by Gasteiger charge is 2.22. The number of esters is 1. The van der Waals surface area contributed by atoms with Gasteiger partial charge in [0.1, 0.15) is 6.61 Å². The van der Waals surface area contributed by atoms with Gasteiger partial charge in [0.2, 0.25) is 0 Å². The summed E-state index contributed by atoms with van der Waals surface area (Å²) < 4.78 is 10.9. The first kappa shape index (κ1) is 17.7. The van der Waals surface area contributed by atoms with Crippen molar-refractivity contribution >= 4 is 40.1 Å². The Bertz CT molecular complexity index is 974. The molecule has 1 aliphatic heterocycles. The number of benzene rings is 2. The fraction of sp³-hybridized carbons (Fsp3) is 0.250. The number of rotatable bonds is 5. The molecular weight excluding hydrogens is 366 g/mol. The molecule has 1 N–H and O–H groups in total. The van der Waals surface area contributed by atoms with E-state index in [2.05, 4.69) is 15.3 Å². The molecule has 0 bridgehead atoms. The van der Waals surface area contributed by atoms with Gasteiger partial charge < -0.3 is 14.8 Å². The second kappa shape index (κ2) is 7.90. The Kier molecular flexibility index (Phi) is 5.18. The highest BCUT2D eigenvalue weighted by Crippen LogP contribution is 2.24. The molecule has 4 rings (SSSR count). The summed E-state index contributed by atoms with van der Waals surface area (Å²) in [5.41, 5.74) is 2.14. The number of carbonyl (C=O) groups excluding carboxylic acids is 1. The molecular formula is C20H18ClN3O3. The molecule has 0 unspecified atom stereocenters. The zero-order chi connectivity index (χ0) is 18.6. The summed E-state index contributed by atoms with van der Waals surface area (Å²) in [7, 11) is 0. The van der Waals surface area contributed by atoms with Crippen LogP contribution in [0.15, 0.2) is 48.5 Å². The van der Waals surface area contributed by atoms with E-state index in [-0.39, 0.29) is 18.4 Å². The molecule has 0 saturated carbocycles. The van der Waals surface area contributed by atoms with Crippen molar-refractivity contribution < 1.29 is 14.3 Å². The summed E-state index contributed by atoms with van der Waals surface area (Å²) in [6, 6.07) is 14.5. The maximum absolute atomic E-state index is 12.7. The average Bonchev–Trinajstić information content (AvgIpc) is 3.19. The van der Waals surface area contributed by atoms with Crippen LogP contribution in [0.5, 0.6) is 0 Å². The highest BCUT2D eigenvalue weighted by atomic mass is 35.5. The van der Waals surface area contributed by atoms with Crippen molar-refractivity contribution in [3.8, 4) is 0 Å². The third-order valence-electron chi connectivity index (χ3n) is 4.28. The minimum absolute atomic E-state index is 0.0493. The van der Waals surface area contributed by atoms with Gasteiger partial charge in [-0.15, -0.1) is 0 Å². The summed E-state index contributed by atoms with van der Waals surface area (Å²) in [5, 5.41) is 3.70. The zero-order valence-electron chi connectivity index (χ0n) is 14.5. The van der Waals surface area contributed by atoms with Crippen LogP contribution < -0.4 is 5.32 Å². The predicted molar refractivity (Wildman–Crippen MR) is 104 cm³/mol. The molecule has 1 saturated heterocycles. The molecule has 7 heteroatoms. The van der Waals surface area contributed by atoms with Crippen LogP contribution in [0.4, 0.5) is 11.5 Å². The molecule has 6 nitrogen and oxygen atoms in total. The Balaban J connectivity index is 1.64. The van der Waals surface area contributed by atoms with Gasteiger partial charge in [-0.1, -0.05) is 29.8 Å². The fourth-order valence-corrected chi connectivity index (χ4v) is 3.14. The summed E-state index contributed by atoms with van der Waals surface area (Å²) in [5.74, 6) is -0.207. The minimum atomic E-state index is -0.534. The van der Waals surface area contributed by atoms with Crippen LogP contribution in [0.3, 0.4) is 0 Å². The van der Waals surface area contributed by atoms with Gasteiger partial charge in [-0.25, -0.2) is 14.8 Å². The van der Waals surface area contributed by atoms with Gasteiger partial charge in [-0.2, -0.15) is 0 Å². The van der Waals surface area contributed by atoms with Gasteiger partial charge in [0.25, 0.3) is 0 Å². The van der Waals surface area contributed by atoms with Crippen LogP contribution in [-0.2, 0) is 9.47 Å². The topological polar surface area (TPSA) is 73.3 Å². The van der Waals surface area contributed by atoms with Crippen molar-refractivity contribution in [3.05, 3.63) is 59.2 Å². The third kappa shape index (κ3) is 4.18. The molecule has 138 valence electrons. The maximum atomic E-state index is 12.7. The first-order chi connectivity index (χ1) is 13.2. The van der Waals surface area contributed by atoms with E-state index in [4.69, 9.17) is 21.1 Å². The zero-order valence-corrected chi connectivity index (χ0v) is 15.3. The lowest BCUT2D eigenvalue weighted by Crippen LogP contribution is -2.19.